The Morgan fingerprint density at radius 1 is 1.07 bits per heavy atom. The minimum absolute atomic E-state index is 0.00794. The fourth-order valence-electron chi connectivity index (χ4n) is 4.78. The van der Waals surface area contributed by atoms with Crippen LogP contribution in [-0.4, -0.2) is 86.9 Å². The molecule has 7 atom stereocenters. The third-order valence-electron chi connectivity index (χ3n) is 6.68. The predicted molar refractivity (Wildman–Crippen MR) is 131 cm³/mol. The highest BCUT2D eigenvalue weighted by Gasteiger charge is 2.41. The maximum atomic E-state index is 12.7. The van der Waals surface area contributed by atoms with Crippen LogP contribution < -0.4 is 21.9 Å². The average molecular weight is 579 g/mol. The van der Waals surface area contributed by atoms with Gasteiger partial charge in [-0.05, 0) is 0 Å². The maximum Gasteiger partial charge on any atom is 0.280 e. The molecule has 1 unspecified atom stereocenters. The van der Waals surface area contributed by atoms with E-state index >= 15 is 0 Å². The number of H-pyrrole nitrogens is 1. The van der Waals surface area contributed by atoms with Crippen LogP contribution in [0.15, 0.2) is 23.8 Å². The molecule has 0 aliphatic carbocycles. The smallest absolute Gasteiger partial charge is 0.280 e. The van der Waals surface area contributed by atoms with Crippen molar-refractivity contribution < 1.29 is 38.2 Å². The fraction of sp³-hybridized carbons (Fsp3) is 0.500. The van der Waals surface area contributed by atoms with E-state index in [1.807, 2.05) is 0 Å². The molecule has 6 heterocycles. The summed E-state index contributed by atoms with van der Waals surface area (Å²) in [6.07, 6.45) is -1.79. The van der Waals surface area contributed by atoms with Gasteiger partial charge < -0.3 is 45.1 Å². The summed E-state index contributed by atoms with van der Waals surface area (Å²) in [6.45, 7) is -1.11. The fourth-order valence-corrected chi connectivity index (χ4v) is 5.72. The number of phosphoric ester groups is 1. The number of aromatic amines is 1. The van der Waals surface area contributed by atoms with Gasteiger partial charge >= 0.3 is 0 Å². The lowest BCUT2D eigenvalue weighted by atomic mass is 10.2. The van der Waals surface area contributed by atoms with Crippen molar-refractivity contribution in [3.8, 4) is 0 Å². The van der Waals surface area contributed by atoms with Gasteiger partial charge in [-0.2, -0.15) is 4.98 Å². The molecule has 0 spiro atoms. The first-order valence-electron chi connectivity index (χ1n) is 12.0. The van der Waals surface area contributed by atoms with Crippen LogP contribution >= 0.6 is 7.82 Å². The molecule has 40 heavy (non-hydrogen) atoms. The van der Waals surface area contributed by atoms with Crippen molar-refractivity contribution >= 4 is 41.9 Å². The number of aliphatic hydroxyl groups is 2. The summed E-state index contributed by atoms with van der Waals surface area (Å²) < 4.78 is 37.5. The van der Waals surface area contributed by atoms with Crippen molar-refractivity contribution in [1.82, 2.24) is 39.0 Å². The molecule has 2 aliphatic heterocycles. The lowest BCUT2D eigenvalue weighted by molar-refractivity contribution is -0.234. The Kier molecular flexibility index (Phi) is 6.75. The number of hydrogen-bond donors (Lipinski definition) is 5. The molecule has 2 fully saturated rings. The van der Waals surface area contributed by atoms with Crippen LogP contribution in [0.3, 0.4) is 0 Å². The SMILES string of the molecule is Nc1nc2c(ncn2[C@H]2C[C@H](OP(=O)([O-])OC[C@H]3O[C@@H](n4cnc5c(N)ncnc54)C[C@@H]3O)[C@@H](CO)O2)c(=O)[nH]1. The van der Waals surface area contributed by atoms with Gasteiger partial charge in [-0.1, -0.05) is 0 Å². The molecule has 7 N–H and O–H groups in total. The highest BCUT2D eigenvalue weighted by Crippen LogP contribution is 2.46. The highest BCUT2D eigenvalue weighted by molar-refractivity contribution is 7.45. The number of aromatic nitrogens is 8. The first kappa shape index (κ1) is 26.7. The summed E-state index contributed by atoms with van der Waals surface area (Å²) >= 11 is 0. The van der Waals surface area contributed by atoms with E-state index in [0.717, 1.165) is 0 Å². The number of rotatable bonds is 8. The van der Waals surface area contributed by atoms with Crippen LogP contribution in [0.25, 0.3) is 22.3 Å². The molecule has 0 aromatic carbocycles. The number of fused-ring (bicyclic) bond motifs is 2. The Balaban J connectivity index is 1.10. The van der Waals surface area contributed by atoms with Gasteiger partial charge in [0.05, 0.1) is 38.1 Å². The van der Waals surface area contributed by atoms with Crippen molar-refractivity contribution in [3.63, 3.8) is 0 Å². The van der Waals surface area contributed by atoms with Crippen LogP contribution in [0.4, 0.5) is 11.8 Å². The number of aliphatic hydroxyl groups excluding tert-OH is 2. The monoisotopic (exact) mass is 579 g/mol. The van der Waals surface area contributed by atoms with Gasteiger partial charge in [0.2, 0.25) is 5.95 Å². The number of nitrogen functional groups attached to an aromatic ring is 2. The summed E-state index contributed by atoms with van der Waals surface area (Å²) in [5.41, 5.74) is 11.8. The predicted octanol–water partition coefficient (Wildman–Crippen LogP) is -2.08. The second-order valence-corrected chi connectivity index (χ2v) is 10.6. The molecule has 4 aromatic heterocycles. The molecule has 4 aromatic rings. The van der Waals surface area contributed by atoms with E-state index in [1.165, 1.54) is 23.5 Å². The second-order valence-electron chi connectivity index (χ2n) is 9.22. The summed E-state index contributed by atoms with van der Waals surface area (Å²) in [6, 6.07) is 0. The standard InChI is InChI=1S/C20H25N10O9P/c21-16-14-17(24-5-23-16)29(6-25-14)12-1-8(32)11(38-12)4-36-40(34,35)39-9-2-13(37-10(9)3-31)30-7-26-15-18(30)27-20(22)28-19(15)33/h5-13,31-32H,1-4H2,(H,34,35)(H2,21,23,24)(H3,22,27,28,33)/p-1/t8-,9-,10+,11+,12+,13+/m0/s1. The van der Waals surface area contributed by atoms with Crippen molar-refractivity contribution in [2.45, 2.75) is 49.7 Å². The van der Waals surface area contributed by atoms with E-state index in [4.69, 9.17) is 30.0 Å². The Labute approximate surface area is 223 Å². The largest absolute Gasteiger partial charge is 0.756 e. The number of phosphoric acid groups is 1. The molecule has 2 saturated heterocycles. The average Bonchev–Trinajstić information content (AvgIpc) is 3.67. The van der Waals surface area contributed by atoms with E-state index in [0.29, 0.717) is 11.2 Å². The molecule has 6 rings (SSSR count). The normalized spacial score (nSPS) is 28.5. The Bertz CT molecular complexity index is 1660. The van der Waals surface area contributed by atoms with Crippen LogP contribution in [0.1, 0.15) is 25.3 Å². The molecular weight excluding hydrogens is 555 g/mol. The summed E-state index contributed by atoms with van der Waals surface area (Å²) in [4.78, 5) is 47.3. The van der Waals surface area contributed by atoms with Crippen LogP contribution in [0, 0.1) is 0 Å². The second kappa shape index (κ2) is 10.1. The van der Waals surface area contributed by atoms with Crippen molar-refractivity contribution in [1.29, 1.82) is 0 Å². The number of ether oxygens (including phenoxy) is 2. The number of nitrogens with one attached hydrogen (secondary N) is 1. The molecule has 0 bridgehead atoms. The van der Waals surface area contributed by atoms with E-state index in [1.54, 1.807) is 4.57 Å². The van der Waals surface area contributed by atoms with E-state index < -0.39 is 63.5 Å². The van der Waals surface area contributed by atoms with Crippen LogP contribution in [-0.2, 0) is 23.1 Å². The molecular formula is C20H24N10O9P-. The van der Waals surface area contributed by atoms with E-state index in [-0.39, 0.29) is 35.8 Å². The van der Waals surface area contributed by atoms with Gasteiger partial charge in [0.25, 0.3) is 13.4 Å². The number of nitrogens with zero attached hydrogens (tertiary/aromatic N) is 7. The van der Waals surface area contributed by atoms with Crippen molar-refractivity contribution in [2.75, 3.05) is 24.7 Å². The Morgan fingerprint density at radius 2 is 1.77 bits per heavy atom. The first-order chi connectivity index (χ1) is 19.1. The molecule has 214 valence electrons. The zero-order chi connectivity index (χ0) is 28.2. The number of imidazole rings is 2. The lowest BCUT2D eigenvalue weighted by Gasteiger charge is -2.29. The topological polar surface area (TPSA) is 277 Å². The van der Waals surface area contributed by atoms with E-state index in [2.05, 4.69) is 29.9 Å². The summed E-state index contributed by atoms with van der Waals surface area (Å²) in [5.74, 6) is 0.0413. The van der Waals surface area contributed by atoms with Gasteiger partial charge in [-0.3, -0.25) is 23.5 Å². The minimum atomic E-state index is -4.97. The molecule has 20 heteroatoms. The Hall–Kier alpha value is -3.55. The van der Waals surface area contributed by atoms with Gasteiger partial charge in [0, 0.05) is 12.8 Å². The molecule has 0 radical (unpaired) electrons. The quantitative estimate of drug-likeness (QED) is 0.140. The van der Waals surface area contributed by atoms with Gasteiger partial charge in [0.15, 0.2) is 22.6 Å². The molecule has 0 saturated carbocycles. The number of hydrogen-bond acceptors (Lipinski definition) is 16. The molecule has 19 nitrogen and oxygen atoms in total. The first-order valence-corrected chi connectivity index (χ1v) is 13.5. The summed E-state index contributed by atoms with van der Waals surface area (Å²) in [5, 5.41) is 20.3. The van der Waals surface area contributed by atoms with Crippen molar-refractivity contribution in [2.24, 2.45) is 0 Å². The van der Waals surface area contributed by atoms with Gasteiger partial charge in [-0.15, -0.1) is 0 Å². The third-order valence-corrected chi connectivity index (χ3v) is 7.68. The van der Waals surface area contributed by atoms with Gasteiger partial charge in [-0.25, -0.2) is 19.9 Å². The minimum Gasteiger partial charge on any atom is -0.756 e. The summed E-state index contributed by atoms with van der Waals surface area (Å²) in [7, 11) is -4.97. The molecule has 0 amide bonds. The van der Waals surface area contributed by atoms with Crippen molar-refractivity contribution in [3.05, 3.63) is 29.3 Å². The van der Waals surface area contributed by atoms with Crippen LogP contribution in [0.2, 0.25) is 0 Å². The zero-order valence-corrected chi connectivity index (χ0v) is 21.4. The zero-order valence-electron chi connectivity index (χ0n) is 20.5. The Morgan fingerprint density at radius 3 is 2.55 bits per heavy atom. The number of anilines is 2. The maximum absolute atomic E-state index is 12.7. The molecule has 2 aliphatic rings. The van der Waals surface area contributed by atoms with Crippen LogP contribution in [0.5, 0.6) is 0 Å². The third kappa shape index (κ3) is 4.82. The van der Waals surface area contributed by atoms with Gasteiger partial charge in [0.1, 0.15) is 36.5 Å². The van der Waals surface area contributed by atoms with E-state index in [9.17, 15) is 24.5 Å². The lowest BCUT2D eigenvalue weighted by Crippen LogP contribution is -2.31. The number of nitrogens with two attached hydrogens (primary N) is 2. The highest BCUT2D eigenvalue weighted by atomic mass is 31.2.